The Balaban J connectivity index is 1.45. The molecule has 0 saturated heterocycles. The molecular weight excluding hydrogens is 586 g/mol. The van der Waals surface area contributed by atoms with E-state index in [4.69, 9.17) is 21.1 Å². The summed E-state index contributed by atoms with van der Waals surface area (Å²) < 4.78 is 42.1. The van der Waals surface area contributed by atoms with E-state index in [1.165, 1.54) is 17.2 Å². The molecule has 0 unspecified atom stereocenters. The molecule has 2 aromatic rings. The maximum Gasteiger partial charge on any atom is 0.264 e. The molecule has 0 aromatic heterocycles. The lowest BCUT2D eigenvalue weighted by Crippen LogP contribution is -2.54. The second-order valence-electron chi connectivity index (χ2n) is 13.2. The summed E-state index contributed by atoms with van der Waals surface area (Å²) in [6, 6.07) is 11.1. The number of anilines is 1. The molecule has 43 heavy (non-hydrogen) atoms. The number of likely N-dealkylation sites (N-methyl/N-ethyl adjacent to an activating group) is 1. The predicted molar refractivity (Wildman–Crippen MR) is 168 cm³/mol. The number of aryl methyl sites for hydroxylation is 1. The fraction of sp³-hybridized carbons (Fsp3) is 0.545. The number of nitrogens with zero attached hydrogens (tertiary/aromatic N) is 2. The van der Waals surface area contributed by atoms with Crippen LogP contribution in [0.15, 0.2) is 53.4 Å². The Kier molecular flexibility index (Phi) is 8.07. The molecule has 10 heteroatoms. The van der Waals surface area contributed by atoms with Crippen molar-refractivity contribution in [3.63, 3.8) is 0 Å². The van der Waals surface area contributed by atoms with Crippen LogP contribution in [0.5, 0.6) is 5.75 Å². The van der Waals surface area contributed by atoms with E-state index in [0.717, 1.165) is 49.4 Å². The van der Waals surface area contributed by atoms with Crippen molar-refractivity contribution in [3.05, 3.63) is 64.7 Å². The molecule has 1 fully saturated rings. The largest absolute Gasteiger partial charge is 0.490 e. The fourth-order valence-corrected chi connectivity index (χ4v) is 8.58. The second-order valence-corrected chi connectivity index (χ2v) is 15.4. The second kappa shape index (κ2) is 11.4. The van der Waals surface area contributed by atoms with Crippen LogP contribution in [-0.4, -0.2) is 71.3 Å². The lowest BCUT2D eigenvalue weighted by atomic mass is 9.68. The molecule has 4 aliphatic rings. The summed E-state index contributed by atoms with van der Waals surface area (Å²) in [5, 5.41) is 0.737. The van der Waals surface area contributed by atoms with Gasteiger partial charge in [-0.15, -0.1) is 0 Å². The fourth-order valence-electron chi connectivity index (χ4n) is 7.25. The molecule has 232 valence electrons. The lowest BCUT2D eigenvalue weighted by Gasteiger charge is -2.46. The van der Waals surface area contributed by atoms with Crippen molar-refractivity contribution < 1.29 is 22.7 Å². The number of hydrogen-bond acceptors (Lipinski definition) is 7. The van der Waals surface area contributed by atoms with Gasteiger partial charge in [0.25, 0.3) is 15.9 Å². The first-order valence-corrected chi connectivity index (χ1v) is 17.1. The van der Waals surface area contributed by atoms with Gasteiger partial charge in [-0.2, -0.15) is 0 Å². The highest BCUT2D eigenvalue weighted by atomic mass is 35.5. The van der Waals surface area contributed by atoms with Crippen molar-refractivity contribution in [1.29, 1.82) is 0 Å². The average molecular weight is 628 g/mol. The zero-order chi connectivity index (χ0) is 30.6. The molecule has 2 aromatic carbocycles. The first-order valence-electron chi connectivity index (χ1n) is 15.2. The molecule has 6 rings (SSSR count). The van der Waals surface area contributed by atoms with E-state index < -0.39 is 21.5 Å². The number of carbonyl (C=O) groups is 1. The molecule has 8 nitrogen and oxygen atoms in total. The first-order chi connectivity index (χ1) is 20.4. The van der Waals surface area contributed by atoms with Crippen LogP contribution >= 0.6 is 11.6 Å². The van der Waals surface area contributed by atoms with Crippen molar-refractivity contribution in [2.75, 3.05) is 45.3 Å². The maximum atomic E-state index is 13.6. The van der Waals surface area contributed by atoms with Gasteiger partial charge in [0.2, 0.25) is 0 Å². The van der Waals surface area contributed by atoms with E-state index >= 15 is 0 Å². The van der Waals surface area contributed by atoms with Gasteiger partial charge in [0.1, 0.15) is 5.75 Å². The smallest absolute Gasteiger partial charge is 0.264 e. The number of amides is 1. The minimum atomic E-state index is -4.14. The van der Waals surface area contributed by atoms with Crippen LogP contribution < -0.4 is 14.4 Å². The molecule has 2 aliphatic heterocycles. The molecule has 2 aliphatic carbocycles. The van der Waals surface area contributed by atoms with Crippen LogP contribution in [0.1, 0.15) is 50.7 Å². The topological polar surface area (TPSA) is 88.2 Å². The van der Waals surface area contributed by atoms with E-state index in [1.54, 1.807) is 33.1 Å². The van der Waals surface area contributed by atoms with Gasteiger partial charge in [-0.3, -0.25) is 9.69 Å². The zero-order valence-electron chi connectivity index (χ0n) is 25.4. The Labute approximate surface area is 260 Å². The number of carbonyl (C=O) groups excluding carboxylic acids is 1. The molecule has 0 radical (unpaired) electrons. The monoisotopic (exact) mass is 627 g/mol. The molecule has 2 heterocycles. The van der Waals surface area contributed by atoms with E-state index in [9.17, 15) is 13.2 Å². The lowest BCUT2D eigenvalue weighted by molar-refractivity contribution is -0.128. The predicted octanol–water partition coefficient (Wildman–Crippen LogP) is 4.94. The summed E-state index contributed by atoms with van der Waals surface area (Å²) in [5.41, 5.74) is 1.93. The van der Waals surface area contributed by atoms with Crippen LogP contribution in [0.4, 0.5) is 5.69 Å². The number of rotatable bonds is 1. The third-order valence-corrected chi connectivity index (χ3v) is 12.0. The Bertz CT molecular complexity index is 1540. The standard InChI is InChI=1S/C33H42ClN3O5S/c1-32(2)31(38)35-43(39,40)25-11-14-30-28(18-25)37(19-23-9-12-26(23)29(41-4)8-6-16-36(32)3)20-33(21-42-30)15-5-7-22-17-24(34)10-13-27(22)33/h6,8,10-11,13-14,17-18,23,26,29H,5,7,9,12,15-16,19-21H2,1-4H3,(H,35,38)/t23-,26+,29+,33-/m0/s1. The third kappa shape index (κ3) is 5.58. The van der Waals surface area contributed by atoms with E-state index in [0.29, 0.717) is 37.3 Å². The molecule has 1 saturated carbocycles. The average Bonchev–Trinajstić information content (AvgIpc) is 3.10. The van der Waals surface area contributed by atoms with Gasteiger partial charge in [-0.05, 0) is 106 Å². The number of ether oxygens (including phenoxy) is 2. The Morgan fingerprint density at radius 1 is 1.14 bits per heavy atom. The molecule has 1 amide bonds. The Morgan fingerprint density at radius 2 is 1.95 bits per heavy atom. The number of fused-ring (bicyclic) bond motifs is 4. The van der Waals surface area contributed by atoms with Crippen molar-refractivity contribution in [2.45, 2.75) is 67.9 Å². The van der Waals surface area contributed by atoms with Gasteiger partial charge < -0.3 is 14.4 Å². The number of halogens is 1. The van der Waals surface area contributed by atoms with Crippen LogP contribution in [0, 0.1) is 11.8 Å². The number of methoxy groups -OCH3 is 1. The Morgan fingerprint density at radius 3 is 2.70 bits per heavy atom. The highest BCUT2D eigenvalue weighted by Crippen LogP contribution is 2.47. The summed E-state index contributed by atoms with van der Waals surface area (Å²) >= 11 is 6.41. The van der Waals surface area contributed by atoms with Crippen molar-refractivity contribution in [3.8, 4) is 5.75 Å². The quantitative estimate of drug-likeness (QED) is 0.448. The zero-order valence-corrected chi connectivity index (χ0v) is 27.0. The minimum Gasteiger partial charge on any atom is -0.490 e. The van der Waals surface area contributed by atoms with Crippen LogP contribution in [-0.2, 0) is 31.4 Å². The summed E-state index contributed by atoms with van der Waals surface area (Å²) in [6.07, 6.45) is 9.19. The molecule has 4 atom stereocenters. The van der Waals surface area contributed by atoms with E-state index in [1.807, 2.05) is 24.1 Å². The highest BCUT2D eigenvalue weighted by Gasteiger charge is 2.45. The normalized spacial score (nSPS) is 30.3. The van der Waals surface area contributed by atoms with Gasteiger partial charge in [-0.25, -0.2) is 13.1 Å². The number of benzene rings is 2. The third-order valence-electron chi connectivity index (χ3n) is 10.4. The highest BCUT2D eigenvalue weighted by molar-refractivity contribution is 7.90. The summed E-state index contributed by atoms with van der Waals surface area (Å²) in [4.78, 5) is 17.6. The van der Waals surface area contributed by atoms with Gasteiger partial charge in [0.05, 0.1) is 28.8 Å². The number of nitrogens with one attached hydrogen (secondary N) is 1. The van der Waals surface area contributed by atoms with Crippen molar-refractivity contribution in [2.24, 2.45) is 11.8 Å². The molecular formula is C33H42ClN3O5S. The summed E-state index contributed by atoms with van der Waals surface area (Å²) in [5.74, 6) is 0.775. The van der Waals surface area contributed by atoms with E-state index in [2.05, 4.69) is 27.8 Å². The minimum absolute atomic E-state index is 0.0436. The van der Waals surface area contributed by atoms with Gasteiger partial charge in [0.15, 0.2) is 0 Å². The van der Waals surface area contributed by atoms with Crippen molar-refractivity contribution in [1.82, 2.24) is 9.62 Å². The van der Waals surface area contributed by atoms with Crippen LogP contribution in [0.25, 0.3) is 0 Å². The molecule has 1 spiro atoms. The van der Waals surface area contributed by atoms with Gasteiger partial charge in [0, 0.05) is 37.2 Å². The van der Waals surface area contributed by atoms with Crippen LogP contribution in [0.2, 0.25) is 5.02 Å². The number of hydrogen-bond donors (Lipinski definition) is 1. The number of sulfonamides is 1. The Hall–Kier alpha value is -2.59. The van der Waals surface area contributed by atoms with Gasteiger partial charge in [-0.1, -0.05) is 29.8 Å². The first kappa shape index (κ1) is 30.4. The SMILES string of the molecule is CO[C@@H]1C=CCN(C)C(C)(C)C(=O)NS(=O)(=O)c2ccc3c(c2)N(C[C@@H]2CC[C@H]21)C[C@@]1(CCCc2cc(Cl)ccc21)CO3. The van der Waals surface area contributed by atoms with E-state index in [-0.39, 0.29) is 16.4 Å². The summed E-state index contributed by atoms with van der Waals surface area (Å²) in [7, 11) is -0.560. The molecule has 2 bridgehead atoms. The maximum absolute atomic E-state index is 13.6. The van der Waals surface area contributed by atoms with Gasteiger partial charge >= 0.3 is 0 Å². The van der Waals surface area contributed by atoms with Crippen LogP contribution in [0.3, 0.4) is 0 Å². The summed E-state index contributed by atoms with van der Waals surface area (Å²) in [6.45, 7) is 5.87. The molecule has 1 N–H and O–H groups in total. The van der Waals surface area contributed by atoms with Crippen molar-refractivity contribution >= 4 is 33.2 Å².